The SMILES string of the molecule is c1ccc(-c2nc(-c3ccc(-c4nc5oc6ccccc6c5c5ccccc45)c4ccccc34)nc(-c3cccc4c3sc3ccccc34)n2)cc1. The van der Waals surface area contributed by atoms with Crippen molar-refractivity contribution < 1.29 is 4.42 Å². The van der Waals surface area contributed by atoms with E-state index in [0.717, 1.165) is 65.8 Å². The number of para-hydroxylation sites is 1. The normalized spacial score (nSPS) is 11.8. The van der Waals surface area contributed by atoms with Gasteiger partial charge in [-0.05, 0) is 40.4 Å². The van der Waals surface area contributed by atoms with Crippen LogP contribution in [0.2, 0.25) is 0 Å². The number of thiophene rings is 1. The highest BCUT2D eigenvalue weighted by Gasteiger charge is 2.21. The maximum atomic E-state index is 6.35. The third-order valence-electron chi connectivity index (χ3n) is 9.97. The lowest BCUT2D eigenvalue weighted by atomic mass is 9.94. The summed E-state index contributed by atoms with van der Waals surface area (Å²) in [6.07, 6.45) is 0. The van der Waals surface area contributed by atoms with Crippen molar-refractivity contribution in [1.29, 1.82) is 0 Å². The summed E-state index contributed by atoms with van der Waals surface area (Å²) >= 11 is 1.78. The fourth-order valence-corrected chi connectivity index (χ4v) is 8.81. The van der Waals surface area contributed by atoms with Gasteiger partial charge in [-0.2, -0.15) is 0 Å². The molecule has 0 bridgehead atoms. The summed E-state index contributed by atoms with van der Waals surface area (Å²) < 4.78 is 8.76. The molecule has 11 rings (SSSR count). The van der Waals surface area contributed by atoms with Crippen molar-refractivity contribution in [3.8, 4) is 45.4 Å². The number of hydrogen-bond donors (Lipinski definition) is 0. The van der Waals surface area contributed by atoms with Gasteiger partial charge in [-0.1, -0.05) is 133 Å². The summed E-state index contributed by atoms with van der Waals surface area (Å²) in [5.74, 6) is 1.90. The summed E-state index contributed by atoms with van der Waals surface area (Å²) in [6, 6.07) is 54.5. The summed E-state index contributed by atoms with van der Waals surface area (Å²) in [5, 5.41) is 8.84. The van der Waals surface area contributed by atoms with Crippen molar-refractivity contribution in [1.82, 2.24) is 19.9 Å². The molecule has 0 saturated heterocycles. The zero-order chi connectivity index (χ0) is 34.2. The molecular formula is C46H26N4OS. The topological polar surface area (TPSA) is 64.7 Å². The Morgan fingerprint density at radius 3 is 1.81 bits per heavy atom. The van der Waals surface area contributed by atoms with Gasteiger partial charge in [0, 0.05) is 53.2 Å². The highest BCUT2D eigenvalue weighted by Crippen LogP contribution is 2.43. The first kappa shape index (κ1) is 29.0. The highest BCUT2D eigenvalue weighted by molar-refractivity contribution is 7.26. The molecule has 7 aromatic carbocycles. The first-order chi connectivity index (χ1) is 25.8. The fraction of sp³-hybridized carbons (Fsp3) is 0. The molecule has 0 aliphatic carbocycles. The summed E-state index contributed by atoms with van der Waals surface area (Å²) in [4.78, 5) is 20.7. The standard InChI is InChI=1S/C46H26N4OS/c1-2-13-27(14-3-1)43-48-44(50-45(49-43)37-22-12-21-34-30-17-9-11-24-39(30)52-42(34)37)35-26-25-33(28-15-4-5-16-29(28)35)41-32-19-7-6-18-31(32)40-36-20-8-10-23-38(36)51-46(40)47-41/h1-26H. The Morgan fingerprint density at radius 1 is 0.385 bits per heavy atom. The van der Waals surface area contributed by atoms with Gasteiger partial charge in [0.2, 0.25) is 5.71 Å². The second-order valence-electron chi connectivity index (χ2n) is 12.9. The first-order valence-electron chi connectivity index (χ1n) is 17.2. The molecule has 0 N–H and O–H groups in total. The lowest BCUT2D eigenvalue weighted by Crippen LogP contribution is -2.01. The summed E-state index contributed by atoms with van der Waals surface area (Å²) in [5.41, 5.74) is 6.22. The van der Waals surface area contributed by atoms with Crippen LogP contribution < -0.4 is 0 Å². The number of hydrogen-bond acceptors (Lipinski definition) is 6. The van der Waals surface area contributed by atoms with E-state index in [0.29, 0.717) is 23.2 Å². The average molecular weight is 683 g/mol. The van der Waals surface area contributed by atoms with E-state index in [9.17, 15) is 0 Å². The number of nitrogens with zero attached hydrogens (tertiary/aromatic N) is 4. The van der Waals surface area contributed by atoms with Crippen molar-refractivity contribution in [2.45, 2.75) is 0 Å². The molecule has 4 aromatic heterocycles. The molecule has 0 amide bonds. The van der Waals surface area contributed by atoms with Crippen LogP contribution in [0.4, 0.5) is 0 Å². The highest BCUT2D eigenvalue weighted by atomic mass is 32.1. The van der Waals surface area contributed by atoms with Gasteiger partial charge in [-0.3, -0.25) is 0 Å². The van der Waals surface area contributed by atoms with Gasteiger partial charge in [0.1, 0.15) is 5.58 Å². The van der Waals surface area contributed by atoms with E-state index in [4.69, 9.17) is 24.4 Å². The van der Waals surface area contributed by atoms with E-state index >= 15 is 0 Å². The number of fused-ring (bicyclic) bond motifs is 9. The molecule has 0 aliphatic rings. The van der Waals surface area contributed by atoms with E-state index in [1.54, 1.807) is 11.3 Å². The number of benzene rings is 7. The third kappa shape index (κ3) is 4.41. The molecule has 52 heavy (non-hydrogen) atoms. The molecule has 4 heterocycles. The Labute approximate surface area is 301 Å². The van der Waals surface area contributed by atoms with Crippen molar-refractivity contribution in [3.05, 3.63) is 158 Å². The van der Waals surface area contributed by atoms with Crippen LogP contribution in [0.15, 0.2) is 162 Å². The second kappa shape index (κ2) is 11.4. The maximum absolute atomic E-state index is 6.35. The smallest absolute Gasteiger partial charge is 0.228 e. The molecule has 5 nitrogen and oxygen atoms in total. The molecule has 0 aliphatic heterocycles. The van der Waals surface area contributed by atoms with Gasteiger partial charge in [0.05, 0.1) is 11.1 Å². The molecule has 11 aromatic rings. The van der Waals surface area contributed by atoms with Gasteiger partial charge >= 0.3 is 0 Å². The van der Waals surface area contributed by atoms with Gasteiger partial charge in [-0.15, -0.1) is 11.3 Å². The molecule has 0 unspecified atom stereocenters. The van der Waals surface area contributed by atoms with Gasteiger partial charge in [0.15, 0.2) is 17.5 Å². The van der Waals surface area contributed by atoms with Crippen LogP contribution in [0.3, 0.4) is 0 Å². The molecule has 6 heteroatoms. The van der Waals surface area contributed by atoms with Crippen LogP contribution in [0.5, 0.6) is 0 Å². The summed E-state index contributed by atoms with van der Waals surface area (Å²) in [6.45, 7) is 0. The fourth-order valence-electron chi connectivity index (χ4n) is 7.60. The minimum Gasteiger partial charge on any atom is -0.438 e. The van der Waals surface area contributed by atoms with Crippen molar-refractivity contribution in [3.63, 3.8) is 0 Å². The Bertz CT molecular complexity index is 3200. The third-order valence-corrected chi connectivity index (χ3v) is 11.2. The predicted molar refractivity (Wildman–Crippen MR) is 215 cm³/mol. The number of pyridine rings is 1. The van der Waals surface area contributed by atoms with E-state index in [1.165, 1.54) is 20.2 Å². The predicted octanol–water partition coefficient (Wildman–Crippen LogP) is 12.5. The lowest BCUT2D eigenvalue weighted by Gasteiger charge is -2.14. The molecule has 242 valence electrons. The quantitative estimate of drug-likeness (QED) is 0.185. The minimum absolute atomic E-state index is 0.621. The van der Waals surface area contributed by atoms with E-state index in [2.05, 4.69) is 121 Å². The zero-order valence-electron chi connectivity index (χ0n) is 27.6. The first-order valence-corrected chi connectivity index (χ1v) is 18.0. The number of furan rings is 1. The summed E-state index contributed by atoms with van der Waals surface area (Å²) in [7, 11) is 0. The van der Waals surface area contributed by atoms with Gasteiger partial charge < -0.3 is 4.42 Å². The Morgan fingerprint density at radius 2 is 0.981 bits per heavy atom. The van der Waals surface area contributed by atoms with Gasteiger partial charge in [0.25, 0.3) is 0 Å². The van der Waals surface area contributed by atoms with Gasteiger partial charge in [-0.25, -0.2) is 19.9 Å². The van der Waals surface area contributed by atoms with E-state index in [-0.39, 0.29) is 0 Å². The maximum Gasteiger partial charge on any atom is 0.228 e. The van der Waals surface area contributed by atoms with Crippen LogP contribution in [0.25, 0.3) is 109 Å². The molecule has 0 atom stereocenters. The largest absolute Gasteiger partial charge is 0.438 e. The van der Waals surface area contributed by atoms with Crippen LogP contribution in [-0.4, -0.2) is 19.9 Å². The van der Waals surface area contributed by atoms with E-state index in [1.807, 2.05) is 36.4 Å². The van der Waals surface area contributed by atoms with Crippen molar-refractivity contribution in [2.24, 2.45) is 0 Å². The van der Waals surface area contributed by atoms with Crippen LogP contribution in [0.1, 0.15) is 0 Å². The molecule has 0 radical (unpaired) electrons. The lowest BCUT2D eigenvalue weighted by molar-refractivity contribution is 0.655. The Hall–Kier alpha value is -6.76. The monoisotopic (exact) mass is 682 g/mol. The van der Waals surface area contributed by atoms with Crippen molar-refractivity contribution in [2.75, 3.05) is 0 Å². The second-order valence-corrected chi connectivity index (χ2v) is 14.0. The molecule has 0 fully saturated rings. The number of aromatic nitrogens is 4. The Kier molecular flexibility index (Phi) is 6.35. The zero-order valence-corrected chi connectivity index (χ0v) is 28.4. The van der Waals surface area contributed by atoms with Crippen LogP contribution >= 0.6 is 11.3 Å². The van der Waals surface area contributed by atoms with E-state index < -0.39 is 0 Å². The van der Waals surface area contributed by atoms with Crippen molar-refractivity contribution >= 4 is 75.1 Å². The average Bonchev–Trinajstić information content (AvgIpc) is 3.79. The van der Waals surface area contributed by atoms with Crippen LogP contribution in [-0.2, 0) is 0 Å². The number of rotatable bonds is 4. The Balaban J connectivity index is 1.16. The van der Waals surface area contributed by atoms with Crippen LogP contribution in [0, 0.1) is 0 Å². The molecule has 0 saturated carbocycles. The molecule has 0 spiro atoms. The minimum atomic E-state index is 0.621. The molecular weight excluding hydrogens is 657 g/mol.